The van der Waals surface area contributed by atoms with Gasteiger partial charge in [-0.05, 0) is 43.5 Å². The number of likely N-dealkylation sites (tertiary alicyclic amines) is 1. The van der Waals surface area contributed by atoms with Crippen molar-refractivity contribution in [2.24, 2.45) is 5.92 Å². The summed E-state index contributed by atoms with van der Waals surface area (Å²) in [7, 11) is -2.21. The molecular formula is C26H33N3O5S. The molecule has 0 spiro atoms. The van der Waals surface area contributed by atoms with Crippen molar-refractivity contribution >= 4 is 27.5 Å². The van der Waals surface area contributed by atoms with E-state index in [0.29, 0.717) is 25.4 Å². The zero-order chi connectivity index (χ0) is 25.0. The van der Waals surface area contributed by atoms with Gasteiger partial charge in [-0.1, -0.05) is 43.2 Å². The molecule has 2 amide bonds. The summed E-state index contributed by atoms with van der Waals surface area (Å²) in [4.78, 5) is 27.7. The molecule has 9 heteroatoms. The summed E-state index contributed by atoms with van der Waals surface area (Å²) in [5, 5.41) is 2.83. The minimum atomic E-state index is -3.68. The van der Waals surface area contributed by atoms with E-state index < -0.39 is 15.9 Å². The molecule has 8 nitrogen and oxygen atoms in total. The maximum absolute atomic E-state index is 13.3. The van der Waals surface area contributed by atoms with Gasteiger partial charge in [0.2, 0.25) is 21.8 Å². The minimum Gasteiger partial charge on any atom is -0.495 e. The second kappa shape index (κ2) is 10.8. The maximum Gasteiger partial charge on any atom is 0.243 e. The predicted molar refractivity (Wildman–Crippen MR) is 134 cm³/mol. The van der Waals surface area contributed by atoms with Gasteiger partial charge in [0, 0.05) is 26.1 Å². The first-order chi connectivity index (χ1) is 16.8. The van der Waals surface area contributed by atoms with Crippen molar-refractivity contribution in [1.82, 2.24) is 9.21 Å². The first kappa shape index (κ1) is 25.2. The second-order valence-corrected chi connectivity index (χ2v) is 11.1. The fraction of sp³-hybridized carbons (Fsp3) is 0.462. The number of amides is 2. The van der Waals surface area contributed by atoms with E-state index in [-0.39, 0.29) is 34.9 Å². The number of nitrogens with one attached hydrogen (secondary N) is 1. The van der Waals surface area contributed by atoms with E-state index in [1.165, 1.54) is 23.5 Å². The van der Waals surface area contributed by atoms with Crippen LogP contribution in [0.15, 0.2) is 53.4 Å². The quantitative estimate of drug-likeness (QED) is 0.625. The Balaban J connectivity index is 1.50. The van der Waals surface area contributed by atoms with Gasteiger partial charge >= 0.3 is 0 Å². The molecule has 4 rings (SSSR count). The van der Waals surface area contributed by atoms with Crippen molar-refractivity contribution in [2.75, 3.05) is 32.1 Å². The van der Waals surface area contributed by atoms with Crippen LogP contribution in [-0.4, -0.2) is 56.2 Å². The SMILES string of the molecule is COc1ccc(S(=O)(=O)N2CCCCCC2)cc1NC(=O)[C@@H]1CC(=O)N([C@@H](C)c2ccccc2)C1. The number of benzene rings is 2. The lowest BCUT2D eigenvalue weighted by molar-refractivity contribution is -0.129. The van der Waals surface area contributed by atoms with Crippen LogP contribution in [0.3, 0.4) is 0 Å². The normalized spacial score (nSPS) is 20.3. The third-order valence-corrected chi connectivity index (χ3v) is 8.80. The van der Waals surface area contributed by atoms with E-state index in [9.17, 15) is 18.0 Å². The van der Waals surface area contributed by atoms with Crippen LogP contribution in [0.1, 0.15) is 50.6 Å². The van der Waals surface area contributed by atoms with Crippen LogP contribution in [0.4, 0.5) is 5.69 Å². The lowest BCUT2D eigenvalue weighted by atomic mass is 10.1. The average molecular weight is 500 g/mol. The molecule has 0 bridgehead atoms. The summed E-state index contributed by atoms with van der Waals surface area (Å²) in [6, 6.07) is 14.1. The predicted octanol–water partition coefficient (Wildman–Crippen LogP) is 3.81. The Labute approximate surface area is 207 Å². The van der Waals surface area contributed by atoms with Gasteiger partial charge in [-0.25, -0.2) is 8.42 Å². The van der Waals surface area contributed by atoms with Crippen molar-refractivity contribution in [2.45, 2.75) is 50.0 Å². The summed E-state index contributed by atoms with van der Waals surface area (Å²) in [6.45, 7) is 3.24. The number of anilines is 1. The zero-order valence-electron chi connectivity index (χ0n) is 20.3. The molecule has 2 saturated heterocycles. The summed E-state index contributed by atoms with van der Waals surface area (Å²) < 4.78 is 33.4. The number of hydrogen-bond acceptors (Lipinski definition) is 5. The minimum absolute atomic E-state index is 0.0778. The number of methoxy groups -OCH3 is 1. The lowest BCUT2D eigenvalue weighted by Crippen LogP contribution is -2.32. The van der Waals surface area contributed by atoms with E-state index in [2.05, 4.69) is 5.32 Å². The van der Waals surface area contributed by atoms with Gasteiger partial charge in [0.05, 0.1) is 29.7 Å². The number of sulfonamides is 1. The molecule has 2 fully saturated rings. The van der Waals surface area contributed by atoms with Crippen LogP contribution < -0.4 is 10.1 Å². The summed E-state index contributed by atoms with van der Waals surface area (Å²) in [5.41, 5.74) is 1.30. The average Bonchev–Trinajstić information content (AvgIpc) is 3.06. The van der Waals surface area contributed by atoms with Crippen LogP contribution in [0, 0.1) is 5.92 Å². The highest BCUT2D eigenvalue weighted by Gasteiger charge is 2.37. The molecule has 0 saturated carbocycles. The van der Waals surface area contributed by atoms with Crippen molar-refractivity contribution < 1.29 is 22.7 Å². The zero-order valence-corrected chi connectivity index (χ0v) is 21.1. The third-order valence-electron chi connectivity index (χ3n) is 6.91. The molecule has 2 aromatic carbocycles. The van der Waals surface area contributed by atoms with Crippen LogP contribution in [0.2, 0.25) is 0 Å². The Morgan fingerprint density at radius 3 is 2.40 bits per heavy atom. The first-order valence-electron chi connectivity index (χ1n) is 12.1. The number of carbonyl (C=O) groups excluding carboxylic acids is 2. The Kier molecular flexibility index (Phi) is 7.76. The molecule has 2 heterocycles. The molecule has 2 aliphatic heterocycles. The van der Waals surface area contributed by atoms with Gasteiger partial charge in [0.1, 0.15) is 5.75 Å². The van der Waals surface area contributed by atoms with Crippen LogP contribution >= 0.6 is 0 Å². The van der Waals surface area contributed by atoms with Crippen molar-refractivity contribution in [3.8, 4) is 5.75 Å². The molecule has 0 aliphatic carbocycles. The van der Waals surface area contributed by atoms with E-state index in [0.717, 1.165) is 31.2 Å². The van der Waals surface area contributed by atoms with E-state index >= 15 is 0 Å². The van der Waals surface area contributed by atoms with Gasteiger partial charge < -0.3 is 15.0 Å². The van der Waals surface area contributed by atoms with Gasteiger partial charge in [-0.15, -0.1) is 0 Å². The van der Waals surface area contributed by atoms with E-state index in [1.54, 1.807) is 11.0 Å². The molecule has 0 unspecified atom stereocenters. The number of nitrogens with zero attached hydrogens (tertiary/aromatic N) is 2. The van der Waals surface area contributed by atoms with Crippen molar-refractivity contribution in [1.29, 1.82) is 0 Å². The number of rotatable bonds is 7. The monoisotopic (exact) mass is 499 g/mol. The molecular weight excluding hydrogens is 466 g/mol. The molecule has 2 aromatic rings. The van der Waals surface area contributed by atoms with Crippen LogP contribution in [0.5, 0.6) is 5.75 Å². The summed E-state index contributed by atoms with van der Waals surface area (Å²) in [5.74, 6) is -0.578. The Bertz CT molecular complexity index is 1160. The Hall–Kier alpha value is -2.91. The van der Waals surface area contributed by atoms with Crippen molar-refractivity contribution in [3.05, 3.63) is 54.1 Å². The van der Waals surface area contributed by atoms with Gasteiger partial charge in [-0.2, -0.15) is 4.31 Å². The number of ether oxygens (including phenoxy) is 1. The molecule has 0 aromatic heterocycles. The standard InChI is InChI=1S/C26H33N3O5S/c1-19(20-10-6-5-7-11-20)29-18-21(16-25(29)30)26(31)27-23-17-22(12-13-24(23)34-2)35(32,33)28-14-8-3-4-9-15-28/h5-7,10-13,17,19,21H,3-4,8-9,14-16,18H2,1-2H3,(H,27,31)/t19-,21+/m0/s1. The third kappa shape index (κ3) is 5.51. The number of carbonyl (C=O) groups is 2. The summed E-state index contributed by atoms with van der Waals surface area (Å²) in [6.07, 6.45) is 3.84. The molecule has 2 aliphatic rings. The highest BCUT2D eigenvalue weighted by Crippen LogP contribution is 2.33. The van der Waals surface area contributed by atoms with Gasteiger partial charge in [0.25, 0.3) is 0 Å². The summed E-state index contributed by atoms with van der Waals surface area (Å²) >= 11 is 0. The van der Waals surface area contributed by atoms with Gasteiger partial charge in [-0.3, -0.25) is 9.59 Å². The van der Waals surface area contributed by atoms with Crippen LogP contribution in [-0.2, 0) is 19.6 Å². The van der Waals surface area contributed by atoms with Gasteiger partial charge in [0.15, 0.2) is 0 Å². The Morgan fingerprint density at radius 1 is 1.06 bits per heavy atom. The molecule has 0 radical (unpaired) electrons. The van der Waals surface area contributed by atoms with Crippen LogP contribution in [0.25, 0.3) is 0 Å². The molecule has 2 atom stereocenters. The fourth-order valence-corrected chi connectivity index (χ4v) is 6.35. The molecule has 35 heavy (non-hydrogen) atoms. The topological polar surface area (TPSA) is 96.0 Å². The number of hydrogen-bond donors (Lipinski definition) is 1. The Morgan fingerprint density at radius 2 is 1.74 bits per heavy atom. The largest absolute Gasteiger partial charge is 0.495 e. The highest BCUT2D eigenvalue weighted by atomic mass is 32.2. The molecule has 1 N–H and O–H groups in total. The smallest absolute Gasteiger partial charge is 0.243 e. The second-order valence-electron chi connectivity index (χ2n) is 9.20. The van der Waals surface area contributed by atoms with E-state index in [4.69, 9.17) is 4.74 Å². The van der Waals surface area contributed by atoms with Crippen molar-refractivity contribution in [3.63, 3.8) is 0 Å². The maximum atomic E-state index is 13.3. The first-order valence-corrected chi connectivity index (χ1v) is 13.6. The fourth-order valence-electron chi connectivity index (χ4n) is 4.80. The highest BCUT2D eigenvalue weighted by molar-refractivity contribution is 7.89. The lowest BCUT2D eigenvalue weighted by Gasteiger charge is -2.25. The molecule has 188 valence electrons. The van der Waals surface area contributed by atoms with E-state index in [1.807, 2.05) is 37.3 Å².